The smallest absolute Gasteiger partial charge is 0.393 e. The number of rotatable bonds is 5. The van der Waals surface area contributed by atoms with Crippen molar-refractivity contribution in [2.24, 2.45) is 0 Å². The maximum Gasteiger partial charge on any atom is 0.393 e. The van der Waals surface area contributed by atoms with Gasteiger partial charge in [0.05, 0.1) is 4.92 Å². The van der Waals surface area contributed by atoms with Crippen LogP contribution >= 0.6 is 0 Å². The second kappa shape index (κ2) is 7.09. The van der Waals surface area contributed by atoms with Gasteiger partial charge in [0.15, 0.2) is 0 Å². The van der Waals surface area contributed by atoms with Crippen LogP contribution in [0.2, 0.25) is 0 Å². The van der Waals surface area contributed by atoms with E-state index in [9.17, 15) is 10.1 Å². The number of aromatic nitrogens is 2. The molecule has 0 unspecified atom stereocenters. The minimum absolute atomic E-state index is 0.183. The van der Waals surface area contributed by atoms with Crippen molar-refractivity contribution in [3.63, 3.8) is 0 Å². The molecule has 0 aliphatic heterocycles. The molecule has 27 heavy (non-hydrogen) atoms. The van der Waals surface area contributed by atoms with Crippen molar-refractivity contribution < 1.29 is 14.4 Å². The summed E-state index contributed by atoms with van der Waals surface area (Å²) in [4.78, 5) is 18.8. The van der Waals surface area contributed by atoms with Crippen LogP contribution in [0.5, 0.6) is 23.3 Å². The Hall–Kier alpha value is -4.00. The molecule has 0 spiro atoms. The highest BCUT2D eigenvalue weighted by molar-refractivity contribution is 5.83. The molecule has 0 saturated carbocycles. The summed E-state index contributed by atoms with van der Waals surface area (Å²) < 4.78 is 11.2. The van der Waals surface area contributed by atoms with E-state index in [1.54, 1.807) is 36.4 Å². The van der Waals surface area contributed by atoms with E-state index in [1.807, 2.05) is 36.4 Å². The average Bonchev–Trinajstić information content (AvgIpc) is 2.68. The molecule has 0 bridgehead atoms. The molecule has 0 saturated heterocycles. The van der Waals surface area contributed by atoms with Gasteiger partial charge in [0.25, 0.3) is 0 Å². The van der Waals surface area contributed by atoms with Crippen molar-refractivity contribution in [2.45, 2.75) is 0 Å². The third kappa shape index (κ3) is 3.52. The molecular weight excluding hydrogens is 346 g/mol. The van der Waals surface area contributed by atoms with Crippen molar-refractivity contribution in [2.75, 3.05) is 0 Å². The van der Waals surface area contributed by atoms with Crippen molar-refractivity contribution in [1.82, 2.24) is 9.97 Å². The minimum atomic E-state index is -0.616. The molecule has 0 amide bonds. The molecule has 4 aromatic rings. The van der Waals surface area contributed by atoms with E-state index < -0.39 is 10.6 Å². The molecule has 132 valence electrons. The van der Waals surface area contributed by atoms with Crippen LogP contribution in [-0.4, -0.2) is 14.9 Å². The molecule has 0 aliphatic rings. The zero-order chi connectivity index (χ0) is 18.6. The number of ether oxygens (including phenoxy) is 2. The second-order valence-corrected chi connectivity index (χ2v) is 5.62. The molecule has 0 atom stereocenters. The predicted octanol–water partition coefficient (Wildman–Crippen LogP) is 5.12. The molecule has 0 aliphatic carbocycles. The van der Waals surface area contributed by atoms with Crippen molar-refractivity contribution in [1.29, 1.82) is 0 Å². The van der Waals surface area contributed by atoms with Crippen LogP contribution in [0.15, 0.2) is 79.1 Å². The van der Waals surface area contributed by atoms with Gasteiger partial charge in [-0.05, 0) is 35.0 Å². The highest BCUT2D eigenvalue weighted by Crippen LogP contribution is 2.37. The summed E-state index contributed by atoms with van der Waals surface area (Å²) in [5, 5.41) is 13.6. The highest BCUT2D eigenvalue weighted by Gasteiger charge is 2.27. The number of para-hydroxylation sites is 1. The lowest BCUT2D eigenvalue weighted by Gasteiger charge is -2.09. The van der Waals surface area contributed by atoms with Crippen LogP contribution in [0.1, 0.15) is 0 Å². The Balaban J connectivity index is 1.71. The van der Waals surface area contributed by atoms with E-state index in [4.69, 9.17) is 9.47 Å². The molecule has 1 aromatic heterocycles. The Morgan fingerprint density at radius 2 is 1.37 bits per heavy atom. The first kappa shape index (κ1) is 16.5. The van der Waals surface area contributed by atoms with Crippen LogP contribution < -0.4 is 9.47 Å². The summed E-state index contributed by atoms with van der Waals surface area (Å²) in [7, 11) is 0. The quantitative estimate of drug-likeness (QED) is 0.363. The van der Waals surface area contributed by atoms with E-state index in [-0.39, 0.29) is 11.8 Å². The lowest BCUT2D eigenvalue weighted by Crippen LogP contribution is -2.01. The molecular formula is C20H13N3O4. The number of benzene rings is 3. The first-order chi connectivity index (χ1) is 13.2. The van der Waals surface area contributed by atoms with Gasteiger partial charge < -0.3 is 9.47 Å². The predicted molar refractivity (Wildman–Crippen MR) is 99.2 cm³/mol. The first-order valence-electron chi connectivity index (χ1n) is 8.09. The Bertz CT molecular complexity index is 1120. The second-order valence-electron chi connectivity index (χ2n) is 5.62. The normalized spacial score (nSPS) is 10.5. The number of nitrogens with zero attached hydrogens (tertiary/aromatic N) is 3. The van der Waals surface area contributed by atoms with Crippen LogP contribution in [0, 0.1) is 10.1 Å². The van der Waals surface area contributed by atoms with Gasteiger partial charge in [0.1, 0.15) is 17.8 Å². The molecule has 4 rings (SSSR count). The zero-order valence-electron chi connectivity index (χ0n) is 14.0. The van der Waals surface area contributed by atoms with Gasteiger partial charge in [-0.1, -0.05) is 48.5 Å². The lowest BCUT2D eigenvalue weighted by atomic mass is 10.1. The summed E-state index contributed by atoms with van der Waals surface area (Å²) in [6, 6.07) is 21.8. The monoisotopic (exact) mass is 359 g/mol. The van der Waals surface area contributed by atoms with E-state index in [0.29, 0.717) is 11.5 Å². The summed E-state index contributed by atoms with van der Waals surface area (Å²) >= 11 is 0. The van der Waals surface area contributed by atoms with E-state index in [0.717, 1.165) is 10.8 Å². The summed E-state index contributed by atoms with van der Waals surface area (Å²) in [5.41, 5.74) is -0.436. The third-order valence-electron chi connectivity index (χ3n) is 3.83. The van der Waals surface area contributed by atoms with E-state index in [1.165, 1.54) is 6.33 Å². The molecule has 3 aromatic carbocycles. The largest absolute Gasteiger partial charge is 0.433 e. The first-order valence-corrected chi connectivity index (χ1v) is 8.09. The fourth-order valence-corrected chi connectivity index (χ4v) is 2.60. The van der Waals surface area contributed by atoms with Gasteiger partial charge in [-0.3, -0.25) is 10.1 Å². The maximum absolute atomic E-state index is 11.6. The van der Waals surface area contributed by atoms with Crippen LogP contribution in [0.3, 0.4) is 0 Å². The summed E-state index contributed by atoms with van der Waals surface area (Å²) in [5.74, 6) is 0.491. The van der Waals surface area contributed by atoms with E-state index >= 15 is 0 Å². The topological polar surface area (TPSA) is 87.4 Å². The highest BCUT2D eigenvalue weighted by atomic mass is 16.6. The number of nitro groups is 1. The summed E-state index contributed by atoms with van der Waals surface area (Å²) in [6.07, 6.45) is 1.17. The molecule has 0 N–H and O–H groups in total. The van der Waals surface area contributed by atoms with Gasteiger partial charge >= 0.3 is 17.4 Å². The van der Waals surface area contributed by atoms with Gasteiger partial charge in [-0.2, -0.15) is 9.97 Å². The number of hydrogen-bond donors (Lipinski definition) is 0. The van der Waals surface area contributed by atoms with Gasteiger partial charge in [-0.25, -0.2) is 0 Å². The van der Waals surface area contributed by atoms with Gasteiger partial charge in [-0.15, -0.1) is 0 Å². The van der Waals surface area contributed by atoms with E-state index in [2.05, 4.69) is 9.97 Å². The SMILES string of the molecule is O=[N+]([O-])c1c(Oc2ccccc2)ncnc1Oc1ccc2ccccc2c1. The number of hydrogen-bond acceptors (Lipinski definition) is 6. The zero-order valence-corrected chi connectivity index (χ0v) is 14.0. The van der Waals surface area contributed by atoms with Gasteiger partial charge in [0, 0.05) is 0 Å². The lowest BCUT2D eigenvalue weighted by molar-refractivity contribution is -0.387. The Morgan fingerprint density at radius 3 is 2.07 bits per heavy atom. The molecule has 1 heterocycles. The van der Waals surface area contributed by atoms with Crippen LogP contribution in [0.25, 0.3) is 10.8 Å². The third-order valence-corrected chi connectivity index (χ3v) is 3.83. The van der Waals surface area contributed by atoms with Gasteiger partial charge in [0.2, 0.25) is 0 Å². The van der Waals surface area contributed by atoms with Crippen molar-refractivity contribution >= 4 is 16.5 Å². The molecule has 0 radical (unpaired) electrons. The van der Waals surface area contributed by atoms with Crippen LogP contribution in [0.4, 0.5) is 5.69 Å². The number of fused-ring (bicyclic) bond motifs is 1. The average molecular weight is 359 g/mol. The fourth-order valence-electron chi connectivity index (χ4n) is 2.60. The standard InChI is InChI=1S/C20H13N3O4/c24-23(25)18-19(26-16-8-2-1-3-9-16)21-13-22-20(18)27-17-11-10-14-6-4-5-7-15(14)12-17/h1-13H. The van der Waals surface area contributed by atoms with Crippen molar-refractivity contribution in [3.05, 3.63) is 89.2 Å². The molecule has 7 nitrogen and oxygen atoms in total. The minimum Gasteiger partial charge on any atom is -0.433 e. The fraction of sp³-hybridized carbons (Fsp3) is 0. The van der Waals surface area contributed by atoms with Crippen LogP contribution in [-0.2, 0) is 0 Å². The molecule has 7 heteroatoms. The molecule has 0 fully saturated rings. The van der Waals surface area contributed by atoms with Crippen molar-refractivity contribution in [3.8, 4) is 23.3 Å². The Morgan fingerprint density at radius 1 is 0.741 bits per heavy atom. The maximum atomic E-state index is 11.6. The Kier molecular flexibility index (Phi) is 4.32. The Labute approximate surface area is 154 Å². The summed E-state index contributed by atoms with van der Waals surface area (Å²) in [6.45, 7) is 0.